The molecule has 0 aromatic rings. The van der Waals surface area contributed by atoms with Gasteiger partial charge in [0.25, 0.3) is 0 Å². The van der Waals surface area contributed by atoms with Crippen LogP contribution in [0.2, 0.25) is 0 Å². The third-order valence-electron chi connectivity index (χ3n) is 0.891. The second kappa shape index (κ2) is 1.87. The van der Waals surface area contributed by atoms with E-state index in [1.165, 1.54) is 0 Å². The summed E-state index contributed by atoms with van der Waals surface area (Å²) in [6.45, 7) is 2.86. The van der Waals surface area contributed by atoms with Gasteiger partial charge in [-0.25, -0.2) is 0 Å². The van der Waals surface area contributed by atoms with Crippen molar-refractivity contribution in [2.45, 2.75) is 13.0 Å². The molecule has 0 amide bonds. The molecule has 1 heterocycles. The molecule has 7 heavy (non-hydrogen) atoms. The number of rotatable bonds is 0. The second-order valence-corrected chi connectivity index (χ2v) is 1.70. The van der Waals surface area contributed by atoms with Crippen LogP contribution in [0.4, 0.5) is 0 Å². The topological polar surface area (TPSA) is 21.3 Å². The molecule has 0 radical (unpaired) electrons. The van der Waals surface area contributed by atoms with Crippen molar-refractivity contribution < 1.29 is 4.74 Å². The first-order chi connectivity index (χ1) is 3.39. The molecule has 0 aromatic heterocycles. The number of ether oxygens (including phenoxy) is 1. The smallest absolute Gasteiger partial charge is 0.107 e. The van der Waals surface area contributed by atoms with Gasteiger partial charge in [0.05, 0.1) is 12.3 Å². The van der Waals surface area contributed by atoms with E-state index in [1.807, 2.05) is 6.20 Å². The van der Waals surface area contributed by atoms with E-state index in [0.717, 1.165) is 6.61 Å². The highest BCUT2D eigenvalue weighted by Crippen LogP contribution is 1.89. The summed E-state index contributed by atoms with van der Waals surface area (Å²) >= 11 is 0. The summed E-state index contributed by atoms with van der Waals surface area (Å²) in [5.74, 6) is 0. The average molecular weight is 99.1 g/mol. The number of nitrogens with one attached hydrogen (secondary N) is 1. The Morgan fingerprint density at radius 3 is 3.00 bits per heavy atom. The Balaban J connectivity index is 2.32. The van der Waals surface area contributed by atoms with Crippen molar-refractivity contribution in [3.63, 3.8) is 0 Å². The highest BCUT2D eigenvalue weighted by atomic mass is 16.5. The van der Waals surface area contributed by atoms with Crippen molar-refractivity contribution in [3.8, 4) is 0 Å². The van der Waals surface area contributed by atoms with Gasteiger partial charge >= 0.3 is 0 Å². The van der Waals surface area contributed by atoms with E-state index in [4.69, 9.17) is 4.74 Å². The monoisotopic (exact) mass is 99.1 g/mol. The van der Waals surface area contributed by atoms with Gasteiger partial charge in [-0.15, -0.1) is 0 Å². The molecule has 0 unspecified atom stereocenters. The quantitative estimate of drug-likeness (QED) is 0.476. The molecule has 0 saturated carbocycles. The lowest BCUT2D eigenvalue weighted by Gasteiger charge is -2.14. The standard InChI is InChI=1S/C5H9NO/c1-5-4-7-3-2-6-5/h2-3,5-6H,4H2,1H3/t5-/m0/s1. The molecule has 2 nitrogen and oxygen atoms in total. The highest BCUT2D eigenvalue weighted by molar-refractivity contribution is 4.79. The lowest BCUT2D eigenvalue weighted by atomic mass is 10.3. The number of hydrogen-bond acceptors (Lipinski definition) is 2. The first kappa shape index (κ1) is 4.50. The molecule has 0 bridgehead atoms. The molecule has 0 fully saturated rings. The zero-order valence-corrected chi connectivity index (χ0v) is 4.35. The van der Waals surface area contributed by atoms with Gasteiger partial charge in [-0.05, 0) is 6.92 Å². The molecular weight excluding hydrogens is 90.1 g/mol. The van der Waals surface area contributed by atoms with Crippen LogP contribution in [0.15, 0.2) is 12.5 Å². The summed E-state index contributed by atoms with van der Waals surface area (Å²) in [6.07, 6.45) is 3.48. The molecule has 0 saturated heterocycles. The first-order valence-electron chi connectivity index (χ1n) is 2.42. The van der Waals surface area contributed by atoms with Crippen molar-refractivity contribution in [1.29, 1.82) is 0 Å². The van der Waals surface area contributed by atoms with Crippen LogP contribution in [-0.4, -0.2) is 12.6 Å². The molecular formula is C5H9NO. The van der Waals surface area contributed by atoms with Crippen molar-refractivity contribution in [3.05, 3.63) is 12.5 Å². The maximum atomic E-state index is 4.94. The molecule has 0 spiro atoms. The zero-order valence-electron chi connectivity index (χ0n) is 4.35. The molecule has 1 aliphatic rings. The van der Waals surface area contributed by atoms with E-state index >= 15 is 0 Å². The van der Waals surface area contributed by atoms with E-state index in [1.54, 1.807) is 6.26 Å². The molecule has 1 rings (SSSR count). The Bertz CT molecular complexity index is 80.1. The van der Waals surface area contributed by atoms with Crippen LogP contribution in [0, 0.1) is 0 Å². The van der Waals surface area contributed by atoms with Gasteiger partial charge < -0.3 is 10.1 Å². The Labute approximate surface area is 43.2 Å². The zero-order chi connectivity index (χ0) is 5.11. The highest BCUT2D eigenvalue weighted by Gasteiger charge is 1.99. The molecule has 0 aliphatic carbocycles. The van der Waals surface area contributed by atoms with Gasteiger partial charge in [-0.2, -0.15) is 0 Å². The molecule has 40 valence electrons. The van der Waals surface area contributed by atoms with Crippen molar-refractivity contribution in [2.24, 2.45) is 0 Å². The minimum absolute atomic E-state index is 0.477. The summed E-state index contributed by atoms with van der Waals surface area (Å²) in [6, 6.07) is 0.477. The van der Waals surface area contributed by atoms with Gasteiger partial charge in [0.2, 0.25) is 0 Å². The van der Waals surface area contributed by atoms with E-state index in [0.29, 0.717) is 6.04 Å². The Kier molecular flexibility index (Phi) is 1.20. The molecule has 2 heteroatoms. The van der Waals surface area contributed by atoms with Crippen LogP contribution in [0.25, 0.3) is 0 Å². The van der Waals surface area contributed by atoms with E-state index < -0.39 is 0 Å². The number of hydrogen-bond donors (Lipinski definition) is 1. The first-order valence-corrected chi connectivity index (χ1v) is 2.42. The predicted octanol–water partition coefficient (Wildman–Crippen LogP) is 0.466. The summed E-state index contributed by atoms with van der Waals surface area (Å²) in [7, 11) is 0. The normalized spacial score (nSPS) is 28.4. The fourth-order valence-electron chi connectivity index (χ4n) is 0.500. The van der Waals surface area contributed by atoms with Crippen LogP contribution < -0.4 is 5.32 Å². The average Bonchev–Trinajstić information content (AvgIpc) is 1.69. The van der Waals surface area contributed by atoms with Crippen molar-refractivity contribution in [2.75, 3.05) is 6.61 Å². The fraction of sp³-hybridized carbons (Fsp3) is 0.600. The minimum Gasteiger partial charge on any atom is -0.498 e. The summed E-state index contributed by atoms with van der Waals surface area (Å²) in [4.78, 5) is 0. The minimum atomic E-state index is 0.477. The van der Waals surface area contributed by atoms with Crippen LogP contribution in [0.5, 0.6) is 0 Å². The molecule has 1 N–H and O–H groups in total. The summed E-state index contributed by atoms with van der Waals surface area (Å²) in [5, 5.41) is 3.08. The maximum Gasteiger partial charge on any atom is 0.107 e. The lowest BCUT2D eigenvalue weighted by molar-refractivity contribution is 0.203. The molecule has 1 aliphatic heterocycles. The van der Waals surface area contributed by atoms with Gasteiger partial charge in [0.15, 0.2) is 0 Å². The molecule has 0 aromatic carbocycles. The maximum absolute atomic E-state index is 4.94. The third-order valence-corrected chi connectivity index (χ3v) is 0.891. The van der Waals surface area contributed by atoms with Gasteiger partial charge in [0.1, 0.15) is 6.61 Å². The lowest BCUT2D eigenvalue weighted by Crippen LogP contribution is -2.28. The summed E-state index contributed by atoms with van der Waals surface area (Å²) < 4.78 is 4.94. The van der Waals surface area contributed by atoms with Crippen LogP contribution in [0.3, 0.4) is 0 Å². The third kappa shape index (κ3) is 1.11. The van der Waals surface area contributed by atoms with Gasteiger partial charge in [-0.1, -0.05) is 0 Å². The van der Waals surface area contributed by atoms with E-state index in [-0.39, 0.29) is 0 Å². The Hall–Kier alpha value is -0.660. The van der Waals surface area contributed by atoms with E-state index in [9.17, 15) is 0 Å². The van der Waals surface area contributed by atoms with Crippen LogP contribution >= 0.6 is 0 Å². The Morgan fingerprint density at radius 2 is 2.71 bits per heavy atom. The van der Waals surface area contributed by atoms with Crippen LogP contribution in [-0.2, 0) is 4.74 Å². The van der Waals surface area contributed by atoms with Crippen LogP contribution in [0.1, 0.15) is 6.92 Å². The van der Waals surface area contributed by atoms with E-state index in [2.05, 4.69) is 12.2 Å². The largest absolute Gasteiger partial charge is 0.498 e. The van der Waals surface area contributed by atoms with Gasteiger partial charge in [0, 0.05) is 6.20 Å². The Morgan fingerprint density at radius 1 is 1.86 bits per heavy atom. The van der Waals surface area contributed by atoms with Gasteiger partial charge in [-0.3, -0.25) is 0 Å². The van der Waals surface area contributed by atoms with Crippen molar-refractivity contribution >= 4 is 0 Å². The summed E-state index contributed by atoms with van der Waals surface area (Å²) in [5.41, 5.74) is 0. The second-order valence-electron chi connectivity index (χ2n) is 1.70. The SMILES string of the molecule is C[C@H]1COC=CN1. The van der Waals surface area contributed by atoms with Crippen molar-refractivity contribution in [1.82, 2.24) is 5.32 Å². The molecule has 1 atom stereocenters. The predicted molar refractivity (Wildman–Crippen MR) is 27.7 cm³/mol. The fourth-order valence-corrected chi connectivity index (χ4v) is 0.500.